The molecule has 1 atom stereocenters. The van der Waals surface area contributed by atoms with Crippen molar-refractivity contribution in [3.63, 3.8) is 0 Å². The fourth-order valence-electron chi connectivity index (χ4n) is 3.79. The van der Waals surface area contributed by atoms with Crippen LogP contribution in [0.4, 0.5) is 5.95 Å². The maximum Gasteiger partial charge on any atom is 0.747 e. The Balaban J connectivity index is 1.64. The normalized spacial score (nSPS) is 11.5. The van der Waals surface area contributed by atoms with Crippen molar-refractivity contribution in [1.29, 1.82) is 0 Å². The number of nitrogens with two attached hydrogens (primary N) is 1. The van der Waals surface area contributed by atoms with Crippen molar-refractivity contribution in [3.8, 4) is 5.75 Å². The highest BCUT2D eigenvalue weighted by Crippen LogP contribution is 2.25. The highest BCUT2D eigenvalue weighted by molar-refractivity contribution is 7.32. The van der Waals surface area contributed by atoms with Gasteiger partial charge < -0.3 is 10.3 Å². The number of fused-ring (bicyclic) bond motifs is 1. The van der Waals surface area contributed by atoms with Gasteiger partial charge in [-0.05, 0) is 62.2 Å². The molecular weight excluding hydrogens is 471 g/mol. The molecule has 35 heavy (non-hydrogen) atoms. The van der Waals surface area contributed by atoms with Crippen LogP contribution in [0.2, 0.25) is 0 Å². The summed E-state index contributed by atoms with van der Waals surface area (Å²) in [6.07, 6.45) is 0.573. The third-order valence-electron chi connectivity index (χ3n) is 5.42. The summed E-state index contributed by atoms with van der Waals surface area (Å²) in [6.45, 7) is 4.72. The minimum Gasteiger partial charge on any atom is -0.366 e. The Bertz CT molecular complexity index is 1430. The van der Waals surface area contributed by atoms with E-state index in [4.69, 9.17) is 15.2 Å². The molecule has 0 fully saturated rings. The van der Waals surface area contributed by atoms with E-state index in [0.717, 1.165) is 16.8 Å². The molecule has 0 saturated carbocycles. The third kappa shape index (κ3) is 5.37. The van der Waals surface area contributed by atoms with Crippen LogP contribution in [0.15, 0.2) is 48.5 Å². The average molecular weight is 495 g/mol. The predicted octanol–water partition coefficient (Wildman–Crippen LogP) is 3.18. The number of anilines is 1. The predicted molar refractivity (Wildman–Crippen MR) is 129 cm³/mol. The van der Waals surface area contributed by atoms with Gasteiger partial charge in [0.05, 0.1) is 16.7 Å². The van der Waals surface area contributed by atoms with Gasteiger partial charge in [0.1, 0.15) is 5.69 Å². The molecule has 0 aliphatic heterocycles. The summed E-state index contributed by atoms with van der Waals surface area (Å²) in [5.41, 5.74) is 9.07. The summed E-state index contributed by atoms with van der Waals surface area (Å²) in [5, 5.41) is 7.20. The molecule has 0 aliphatic carbocycles. The van der Waals surface area contributed by atoms with Crippen molar-refractivity contribution >= 4 is 37.1 Å². The summed E-state index contributed by atoms with van der Waals surface area (Å²) < 4.78 is 19.1. The zero-order valence-electron chi connectivity index (χ0n) is 19.1. The summed E-state index contributed by atoms with van der Waals surface area (Å²) >= 11 is 0. The van der Waals surface area contributed by atoms with Crippen molar-refractivity contribution in [1.82, 2.24) is 19.3 Å². The van der Waals surface area contributed by atoms with Gasteiger partial charge in [0.2, 0.25) is 11.9 Å². The van der Waals surface area contributed by atoms with E-state index >= 15 is 0 Å². The maximum atomic E-state index is 13.1. The minimum absolute atomic E-state index is 0.292. The number of imidazole rings is 1. The second-order valence-corrected chi connectivity index (χ2v) is 8.48. The fraction of sp³-hybridized carbons (Fsp3) is 0.217. The molecule has 0 radical (unpaired) electrons. The Kier molecular flexibility index (Phi) is 6.90. The molecule has 180 valence electrons. The largest absolute Gasteiger partial charge is 0.747 e. The molecule has 0 spiro atoms. The van der Waals surface area contributed by atoms with Gasteiger partial charge in [-0.25, -0.2) is 9.51 Å². The molecule has 11 nitrogen and oxygen atoms in total. The zero-order chi connectivity index (χ0) is 25.1. The van der Waals surface area contributed by atoms with E-state index in [0.29, 0.717) is 48.0 Å². The molecule has 1 unspecified atom stereocenters. The first kappa shape index (κ1) is 24.1. The Morgan fingerprint density at radius 2 is 1.91 bits per heavy atom. The van der Waals surface area contributed by atoms with E-state index in [2.05, 4.69) is 15.4 Å². The number of benzene rings is 2. The number of hydrogen-bond acceptors (Lipinski definition) is 6. The fourth-order valence-corrected chi connectivity index (χ4v) is 4.09. The van der Waals surface area contributed by atoms with Gasteiger partial charge in [-0.2, -0.15) is 5.10 Å². The number of aryl methyl sites for hydroxylation is 4. The van der Waals surface area contributed by atoms with Crippen LogP contribution in [-0.2, 0) is 24.1 Å². The molecule has 4 rings (SSSR count). The van der Waals surface area contributed by atoms with Gasteiger partial charge in [-0.1, -0.05) is 12.1 Å². The van der Waals surface area contributed by atoms with Gasteiger partial charge in [0, 0.05) is 23.2 Å². The molecular formula is C23H24N6O5P+. The lowest BCUT2D eigenvalue weighted by Gasteiger charge is -2.11. The third-order valence-corrected chi connectivity index (χ3v) is 5.79. The number of rotatable bonds is 9. The Morgan fingerprint density at radius 1 is 1.17 bits per heavy atom. The Hall–Kier alpha value is -4.08. The molecule has 12 heteroatoms. The number of carbonyl (C=O) groups excluding carboxylic acids is 2. The number of hydrogen-bond donors (Lipinski definition) is 3. The molecule has 2 heterocycles. The molecule has 2 aromatic heterocycles. The highest BCUT2D eigenvalue weighted by Gasteiger charge is 2.19. The molecule has 0 bridgehead atoms. The highest BCUT2D eigenvalue weighted by atomic mass is 31.1. The van der Waals surface area contributed by atoms with Crippen LogP contribution in [0, 0.1) is 6.92 Å². The second-order valence-electron chi connectivity index (χ2n) is 7.82. The number of aromatic nitrogens is 4. The lowest BCUT2D eigenvalue weighted by molar-refractivity contribution is 0.0996. The van der Waals surface area contributed by atoms with Crippen LogP contribution in [-0.4, -0.2) is 36.0 Å². The maximum absolute atomic E-state index is 13.1. The van der Waals surface area contributed by atoms with Crippen molar-refractivity contribution in [2.75, 3.05) is 5.32 Å². The average Bonchev–Trinajstić information content (AvgIpc) is 3.37. The number of primary amides is 1. The van der Waals surface area contributed by atoms with Crippen molar-refractivity contribution in [3.05, 3.63) is 71.0 Å². The summed E-state index contributed by atoms with van der Waals surface area (Å²) in [7, 11) is -2.73. The standard InChI is InChI=1S/C23H23N6O5P/c1-3-29-20(12-14(2)27-29)22(31)26-23-25-18-13-16(21(24)30)6-9-19(18)28(23)11-10-15-4-7-17(8-5-15)34-35(32)33/h4-9,12-13H,3,10-11H2,1-2H3,(H3-,24,25,26,30,31,32,33)/p+1. The quantitative estimate of drug-likeness (QED) is 0.301. The topological polar surface area (TPSA) is 154 Å². The Labute approximate surface area is 201 Å². The van der Waals surface area contributed by atoms with Gasteiger partial charge in [0.25, 0.3) is 5.91 Å². The Morgan fingerprint density at radius 3 is 2.57 bits per heavy atom. The number of amides is 2. The van der Waals surface area contributed by atoms with Crippen molar-refractivity contribution in [2.45, 2.75) is 33.4 Å². The smallest absolute Gasteiger partial charge is 0.366 e. The van der Waals surface area contributed by atoms with Crippen molar-refractivity contribution < 1.29 is 23.6 Å². The summed E-state index contributed by atoms with van der Waals surface area (Å²) in [6, 6.07) is 13.5. The number of nitrogens with one attached hydrogen (secondary N) is 1. The van der Waals surface area contributed by atoms with E-state index < -0.39 is 14.2 Å². The van der Waals surface area contributed by atoms with Crippen LogP contribution < -0.4 is 15.6 Å². The van der Waals surface area contributed by atoms with E-state index in [1.54, 1.807) is 53.2 Å². The monoisotopic (exact) mass is 495 g/mol. The van der Waals surface area contributed by atoms with Gasteiger partial charge >= 0.3 is 8.25 Å². The molecule has 4 N–H and O–H groups in total. The molecule has 0 saturated heterocycles. The van der Waals surface area contributed by atoms with Crippen LogP contribution >= 0.6 is 8.25 Å². The van der Waals surface area contributed by atoms with Gasteiger partial charge in [-0.15, -0.1) is 4.89 Å². The van der Waals surface area contributed by atoms with Crippen LogP contribution in [0.5, 0.6) is 5.75 Å². The summed E-state index contributed by atoms with van der Waals surface area (Å²) in [5.74, 6) is -0.300. The van der Waals surface area contributed by atoms with E-state index in [1.807, 2.05) is 18.4 Å². The van der Waals surface area contributed by atoms with E-state index in [1.165, 1.54) is 0 Å². The van der Waals surface area contributed by atoms with Gasteiger partial charge in [0.15, 0.2) is 5.75 Å². The molecule has 0 aliphatic rings. The first-order chi connectivity index (χ1) is 16.7. The first-order valence-electron chi connectivity index (χ1n) is 10.8. The van der Waals surface area contributed by atoms with E-state index in [-0.39, 0.29) is 5.91 Å². The molecule has 2 amide bonds. The lowest BCUT2D eigenvalue weighted by atomic mass is 10.1. The van der Waals surface area contributed by atoms with Crippen LogP contribution in [0.1, 0.15) is 39.0 Å². The zero-order valence-corrected chi connectivity index (χ0v) is 20.0. The minimum atomic E-state index is -2.73. The van der Waals surface area contributed by atoms with Crippen molar-refractivity contribution in [2.24, 2.45) is 5.73 Å². The number of carbonyl (C=O) groups is 2. The summed E-state index contributed by atoms with van der Waals surface area (Å²) in [4.78, 5) is 38.1. The van der Waals surface area contributed by atoms with Gasteiger partial charge in [-0.3, -0.25) is 19.6 Å². The van der Waals surface area contributed by atoms with Crippen LogP contribution in [0.25, 0.3) is 11.0 Å². The van der Waals surface area contributed by atoms with E-state index in [9.17, 15) is 14.2 Å². The lowest BCUT2D eigenvalue weighted by Crippen LogP contribution is -2.20. The molecule has 4 aromatic rings. The SMILES string of the molecule is CCn1nc(C)cc1C(=O)Nc1nc2cc(C(N)=O)ccc2n1CCc1ccc(O[P+](=O)O)cc1. The van der Waals surface area contributed by atoms with Crippen LogP contribution in [0.3, 0.4) is 0 Å². The number of nitrogens with zero attached hydrogens (tertiary/aromatic N) is 4. The second kappa shape index (κ2) is 10.0. The molecule has 2 aromatic carbocycles. The first-order valence-corrected chi connectivity index (χ1v) is 12.0.